The molecule has 2 aliphatic rings. The molecule has 5 heteroatoms. The lowest BCUT2D eigenvalue weighted by Gasteiger charge is -2.17. The molecule has 13 heavy (non-hydrogen) atoms. The van der Waals surface area contributed by atoms with Crippen molar-refractivity contribution in [3.8, 4) is 0 Å². The summed E-state index contributed by atoms with van der Waals surface area (Å²) in [5, 5.41) is 2.64. The number of carbonyl (C=O) groups excluding carboxylic acids is 2. The Morgan fingerprint density at radius 1 is 1.62 bits per heavy atom. The Kier molecular flexibility index (Phi) is 2.18. The number of carbonyl (C=O) groups is 2. The molecule has 0 aromatic heterocycles. The molecule has 1 unspecified atom stereocenters. The van der Waals surface area contributed by atoms with Crippen LogP contribution in [0.25, 0.3) is 0 Å². The average molecular weight is 184 g/mol. The summed E-state index contributed by atoms with van der Waals surface area (Å²) in [6, 6.07) is -0.311. The fourth-order valence-electron chi connectivity index (χ4n) is 1.61. The Morgan fingerprint density at radius 3 is 3.00 bits per heavy atom. The number of nitrogens with zero attached hydrogens (tertiary/aromatic N) is 1. The van der Waals surface area contributed by atoms with Crippen molar-refractivity contribution < 1.29 is 14.3 Å². The molecule has 0 aromatic carbocycles. The molecule has 0 aliphatic carbocycles. The van der Waals surface area contributed by atoms with Crippen LogP contribution in [0.3, 0.4) is 0 Å². The standard InChI is InChI=1S/C8H12N2O3/c11-7-2-1-6(9-7)8(12)10-3-4-13-5-10/h6H,1-5H2,(H,9,11). The quantitative estimate of drug-likeness (QED) is 0.573. The van der Waals surface area contributed by atoms with Crippen LogP contribution >= 0.6 is 0 Å². The van der Waals surface area contributed by atoms with Gasteiger partial charge in [-0.25, -0.2) is 0 Å². The van der Waals surface area contributed by atoms with Crippen molar-refractivity contribution in [1.29, 1.82) is 0 Å². The maximum atomic E-state index is 11.6. The second-order valence-electron chi connectivity index (χ2n) is 3.30. The molecule has 2 amide bonds. The third-order valence-electron chi connectivity index (χ3n) is 2.36. The monoisotopic (exact) mass is 184 g/mol. The summed E-state index contributed by atoms with van der Waals surface area (Å²) >= 11 is 0. The minimum absolute atomic E-state index is 0.0108. The van der Waals surface area contributed by atoms with Crippen molar-refractivity contribution in [1.82, 2.24) is 10.2 Å². The van der Waals surface area contributed by atoms with Gasteiger partial charge in [-0.05, 0) is 6.42 Å². The first kappa shape index (κ1) is 8.50. The minimum atomic E-state index is -0.311. The van der Waals surface area contributed by atoms with Crippen LogP contribution in [0, 0.1) is 0 Å². The predicted molar refractivity (Wildman–Crippen MR) is 43.7 cm³/mol. The molecule has 5 nitrogen and oxygen atoms in total. The normalized spacial score (nSPS) is 27.8. The molecule has 2 saturated heterocycles. The van der Waals surface area contributed by atoms with Crippen molar-refractivity contribution >= 4 is 11.8 Å². The largest absolute Gasteiger partial charge is 0.359 e. The topological polar surface area (TPSA) is 58.6 Å². The molecule has 72 valence electrons. The van der Waals surface area contributed by atoms with Gasteiger partial charge in [0.15, 0.2) is 0 Å². The molecule has 1 N–H and O–H groups in total. The Bertz CT molecular complexity index is 236. The summed E-state index contributed by atoms with van der Waals surface area (Å²) in [6.07, 6.45) is 1.08. The number of hydrogen-bond donors (Lipinski definition) is 1. The molecule has 2 rings (SSSR count). The van der Waals surface area contributed by atoms with Crippen LogP contribution < -0.4 is 5.32 Å². The van der Waals surface area contributed by atoms with E-state index in [0.29, 0.717) is 32.7 Å². The second-order valence-corrected chi connectivity index (χ2v) is 3.30. The third-order valence-corrected chi connectivity index (χ3v) is 2.36. The number of ether oxygens (including phenoxy) is 1. The van der Waals surface area contributed by atoms with Crippen LogP contribution in [0.2, 0.25) is 0 Å². The van der Waals surface area contributed by atoms with E-state index in [2.05, 4.69) is 5.32 Å². The van der Waals surface area contributed by atoms with Crippen LogP contribution in [0.15, 0.2) is 0 Å². The summed E-state index contributed by atoms with van der Waals surface area (Å²) in [6.45, 7) is 1.61. The molecule has 0 saturated carbocycles. The van der Waals surface area contributed by atoms with Crippen LogP contribution in [-0.2, 0) is 14.3 Å². The zero-order valence-corrected chi connectivity index (χ0v) is 7.28. The molecule has 0 aromatic rings. The lowest BCUT2D eigenvalue weighted by Crippen LogP contribution is -2.43. The van der Waals surface area contributed by atoms with Crippen molar-refractivity contribution in [3.63, 3.8) is 0 Å². The maximum absolute atomic E-state index is 11.6. The smallest absolute Gasteiger partial charge is 0.247 e. The van der Waals surface area contributed by atoms with E-state index in [4.69, 9.17) is 4.74 Å². The Labute approximate surface area is 76.0 Å². The summed E-state index contributed by atoms with van der Waals surface area (Å²) in [5.41, 5.74) is 0. The van der Waals surface area contributed by atoms with Gasteiger partial charge in [0.05, 0.1) is 6.61 Å². The van der Waals surface area contributed by atoms with E-state index < -0.39 is 0 Å². The Morgan fingerprint density at radius 2 is 2.46 bits per heavy atom. The van der Waals surface area contributed by atoms with Crippen LogP contribution in [-0.4, -0.2) is 42.6 Å². The molecule has 2 heterocycles. The first-order valence-corrected chi connectivity index (χ1v) is 4.43. The van der Waals surface area contributed by atoms with E-state index in [0.717, 1.165) is 0 Å². The second kappa shape index (κ2) is 3.33. The highest BCUT2D eigenvalue weighted by atomic mass is 16.5. The highest BCUT2D eigenvalue weighted by Crippen LogP contribution is 2.11. The van der Waals surface area contributed by atoms with E-state index >= 15 is 0 Å². The van der Waals surface area contributed by atoms with Crippen molar-refractivity contribution in [2.24, 2.45) is 0 Å². The Hall–Kier alpha value is -1.10. The summed E-state index contributed by atoms with van der Waals surface area (Å²) in [7, 11) is 0. The van der Waals surface area contributed by atoms with Crippen LogP contribution in [0.1, 0.15) is 12.8 Å². The molecular formula is C8H12N2O3. The fourth-order valence-corrected chi connectivity index (χ4v) is 1.61. The first-order chi connectivity index (χ1) is 6.27. The van der Waals surface area contributed by atoms with Crippen LogP contribution in [0.4, 0.5) is 0 Å². The summed E-state index contributed by atoms with van der Waals surface area (Å²) in [5.74, 6) is -0.0400. The molecule has 1 atom stereocenters. The predicted octanol–water partition coefficient (Wildman–Crippen LogP) is -0.919. The lowest BCUT2D eigenvalue weighted by molar-refractivity contribution is -0.134. The Balaban J connectivity index is 1.92. The van der Waals surface area contributed by atoms with E-state index in [1.807, 2.05) is 0 Å². The van der Waals surface area contributed by atoms with Crippen molar-refractivity contribution in [2.75, 3.05) is 19.9 Å². The summed E-state index contributed by atoms with van der Waals surface area (Å²) in [4.78, 5) is 24.1. The molecule has 2 fully saturated rings. The lowest BCUT2D eigenvalue weighted by atomic mass is 10.2. The zero-order valence-electron chi connectivity index (χ0n) is 7.28. The van der Waals surface area contributed by atoms with Crippen molar-refractivity contribution in [3.05, 3.63) is 0 Å². The highest BCUT2D eigenvalue weighted by Gasteiger charge is 2.31. The minimum Gasteiger partial charge on any atom is -0.359 e. The van der Waals surface area contributed by atoms with Crippen LogP contribution in [0.5, 0.6) is 0 Å². The molecule has 0 spiro atoms. The van der Waals surface area contributed by atoms with Gasteiger partial charge in [0.1, 0.15) is 12.8 Å². The number of amides is 2. The van der Waals surface area contributed by atoms with Gasteiger partial charge in [0.2, 0.25) is 11.8 Å². The van der Waals surface area contributed by atoms with E-state index in [-0.39, 0.29) is 17.9 Å². The van der Waals surface area contributed by atoms with Gasteiger partial charge in [0, 0.05) is 13.0 Å². The van der Waals surface area contributed by atoms with Gasteiger partial charge in [-0.1, -0.05) is 0 Å². The number of hydrogen-bond acceptors (Lipinski definition) is 3. The molecule has 2 aliphatic heterocycles. The molecular weight excluding hydrogens is 172 g/mol. The molecule has 0 bridgehead atoms. The van der Waals surface area contributed by atoms with Gasteiger partial charge in [-0.15, -0.1) is 0 Å². The van der Waals surface area contributed by atoms with Crippen molar-refractivity contribution in [2.45, 2.75) is 18.9 Å². The van der Waals surface area contributed by atoms with Gasteiger partial charge in [-0.2, -0.15) is 0 Å². The average Bonchev–Trinajstić information content (AvgIpc) is 2.72. The molecule has 0 radical (unpaired) electrons. The van der Waals surface area contributed by atoms with Gasteiger partial charge >= 0.3 is 0 Å². The van der Waals surface area contributed by atoms with Gasteiger partial charge in [-0.3, -0.25) is 9.59 Å². The van der Waals surface area contributed by atoms with Gasteiger partial charge < -0.3 is 15.0 Å². The first-order valence-electron chi connectivity index (χ1n) is 4.43. The zero-order chi connectivity index (χ0) is 9.26. The third kappa shape index (κ3) is 1.65. The van der Waals surface area contributed by atoms with Gasteiger partial charge in [0.25, 0.3) is 0 Å². The number of rotatable bonds is 1. The van der Waals surface area contributed by atoms with E-state index in [1.165, 1.54) is 0 Å². The van der Waals surface area contributed by atoms with E-state index in [1.54, 1.807) is 4.90 Å². The fraction of sp³-hybridized carbons (Fsp3) is 0.750. The number of nitrogens with one attached hydrogen (secondary N) is 1. The maximum Gasteiger partial charge on any atom is 0.247 e. The van der Waals surface area contributed by atoms with E-state index in [9.17, 15) is 9.59 Å². The SMILES string of the molecule is O=C1CCC(C(=O)N2CCOC2)N1. The summed E-state index contributed by atoms with van der Waals surface area (Å²) < 4.78 is 5.06. The highest BCUT2D eigenvalue weighted by molar-refractivity contribution is 5.90.